The van der Waals surface area contributed by atoms with E-state index >= 15 is 0 Å². The fourth-order valence-corrected chi connectivity index (χ4v) is 5.52. The van der Waals surface area contributed by atoms with Crippen molar-refractivity contribution in [3.8, 4) is 23.1 Å². The van der Waals surface area contributed by atoms with E-state index in [9.17, 15) is 37.0 Å². The molecule has 4 N–H and O–H groups in total. The minimum absolute atomic E-state index is 0.186. The van der Waals surface area contributed by atoms with E-state index in [-0.39, 0.29) is 40.2 Å². The highest BCUT2D eigenvalue weighted by Gasteiger charge is 2.41. The molecule has 1 saturated carbocycles. The third-order valence-corrected chi connectivity index (χ3v) is 7.41. The summed E-state index contributed by atoms with van der Waals surface area (Å²) in [5, 5.41) is 22.7. The van der Waals surface area contributed by atoms with E-state index in [2.05, 4.69) is 14.8 Å². The molecule has 0 saturated heterocycles. The van der Waals surface area contributed by atoms with Gasteiger partial charge in [-0.3, -0.25) is 9.78 Å². The molecule has 2 aromatic heterocycles. The number of rotatable bonds is 7. The second kappa shape index (κ2) is 9.64. The Morgan fingerprint density at radius 1 is 1.24 bits per heavy atom. The monoisotopic (exact) mass is 579 g/mol. The van der Waals surface area contributed by atoms with E-state index in [1.807, 2.05) is 0 Å². The summed E-state index contributed by atoms with van der Waals surface area (Å²) in [5.41, 5.74) is -4.86. The fraction of sp³-hybridized carbons (Fsp3) is 0.300. The van der Waals surface area contributed by atoms with Crippen LogP contribution in [-0.4, -0.2) is 50.0 Å². The van der Waals surface area contributed by atoms with Gasteiger partial charge in [-0.15, -0.1) is 0 Å². The molecule has 0 unspecified atom stereocenters. The number of aromatic nitrogens is 4. The van der Waals surface area contributed by atoms with Gasteiger partial charge in [0.25, 0.3) is 12.0 Å². The predicted molar refractivity (Wildman–Crippen MR) is 125 cm³/mol. The second-order valence-electron chi connectivity index (χ2n) is 8.41. The summed E-state index contributed by atoms with van der Waals surface area (Å²) in [6.07, 6.45) is -2.06. The summed E-state index contributed by atoms with van der Waals surface area (Å²) >= 11 is 12.4. The minimum atomic E-state index is -4.23. The van der Waals surface area contributed by atoms with Gasteiger partial charge < -0.3 is 14.9 Å². The Morgan fingerprint density at radius 3 is 2.43 bits per heavy atom. The van der Waals surface area contributed by atoms with E-state index in [4.69, 9.17) is 27.9 Å². The number of H-pyrrole nitrogens is 1. The van der Waals surface area contributed by atoms with Crippen LogP contribution >= 0.6 is 23.2 Å². The summed E-state index contributed by atoms with van der Waals surface area (Å²) < 4.78 is 59.9. The SMILES string of the molecule is CC1(O)CC(NS(=O)(=O)c2cc(Oc3c(Cl)cc(-n4nc(C(F)F)c(=O)[nH]c4=O)cc3Cl)ncc2O)C1. The smallest absolute Gasteiger partial charge is 0.349 e. The number of hydrogen-bond donors (Lipinski definition) is 4. The van der Waals surface area contributed by atoms with Gasteiger partial charge in [-0.1, -0.05) is 23.2 Å². The highest BCUT2D eigenvalue weighted by molar-refractivity contribution is 7.89. The van der Waals surface area contributed by atoms with Crippen LogP contribution in [0.3, 0.4) is 0 Å². The maximum Gasteiger partial charge on any atom is 0.349 e. The number of ether oxygens (including phenoxy) is 1. The lowest BCUT2D eigenvalue weighted by molar-refractivity contribution is -0.0329. The van der Waals surface area contributed by atoms with E-state index in [1.54, 1.807) is 11.9 Å². The van der Waals surface area contributed by atoms with Gasteiger partial charge in [-0.2, -0.15) is 9.78 Å². The molecular formula is C20H17Cl2F2N5O7S. The zero-order chi connectivity index (χ0) is 27.3. The first-order chi connectivity index (χ1) is 17.2. The number of alkyl halides is 2. The van der Waals surface area contributed by atoms with Crippen molar-refractivity contribution in [2.24, 2.45) is 0 Å². The van der Waals surface area contributed by atoms with Crippen LogP contribution in [0.25, 0.3) is 5.69 Å². The molecule has 0 bridgehead atoms. The zero-order valence-corrected chi connectivity index (χ0v) is 20.9. The molecule has 17 heteroatoms. The molecule has 3 aromatic rings. The number of aliphatic hydroxyl groups is 1. The van der Waals surface area contributed by atoms with Crippen molar-refractivity contribution in [2.75, 3.05) is 0 Å². The van der Waals surface area contributed by atoms with Crippen molar-refractivity contribution in [3.63, 3.8) is 0 Å². The summed E-state index contributed by atoms with van der Waals surface area (Å²) in [7, 11) is -4.23. The van der Waals surface area contributed by atoms with Crippen molar-refractivity contribution in [2.45, 2.75) is 42.7 Å². The summed E-state index contributed by atoms with van der Waals surface area (Å²) in [6.45, 7) is 1.56. The summed E-state index contributed by atoms with van der Waals surface area (Å²) in [4.78, 5) is 28.6. The standard InChI is InChI=1S/C20H17Cl2F2N5O7S/c1-20(33)5-8(6-20)28-37(34,35)13-4-14(25-7-12(13)30)36-16-10(21)2-9(3-11(16)22)29-19(32)26-18(31)15(27-29)17(23)24/h2-4,7-8,17,28,30,33H,5-6H2,1H3,(H,26,31,32). The number of aromatic amines is 1. The van der Waals surface area contributed by atoms with Crippen LogP contribution in [0.2, 0.25) is 10.0 Å². The second-order valence-corrected chi connectivity index (χ2v) is 10.9. The predicted octanol–water partition coefficient (Wildman–Crippen LogP) is 2.25. The van der Waals surface area contributed by atoms with Crippen molar-refractivity contribution < 1.29 is 32.1 Å². The van der Waals surface area contributed by atoms with Gasteiger partial charge in [-0.25, -0.2) is 31.7 Å². The number of aromatic hydroxyl groups is 1. The van der Waals surface area contributed by atoms with Gasteiger partial charge >= 0.3 is 5.69 Å². The molecule has 12 nitrogen and oxygen atoms in total. The van der Waals surface area contributed by atoms with E-state index in [0.29, 0.717) is 4.68 Å². The molecule has 1 aromatic carbocycles. The Labute approximate surface area is 216 Å². The van der Waals surface area contributed by atoms with Crippen LogP contribution in [0.1, 0.15) is 31.9 Å². The Balaban J connectivity index is 1.64. The molecule has 1 aliphatic rings. The minimum Gasteiger partial charge on any atom is -0.505 e. The third-order valence-electron chi connectivity index (χ3n) is 5.30. The van der Waals surface area contributed by atoms with Crippen LogP contribution in [-0.2, 0) is 10.0 Å². The van der Waals surface area contributed by atoms with E-state index < -0.39 is 55.7 Å². The topological polar surface area (TPSA) is 176 Å². The Kier molecular flexibility index (Phi) is 7.02. The van der Waals surface area contributed by atoms with Gasteiger partial charge in [0, 0.05) is 12.1 Å². The average molecular weight is 580 g/mol. The summed E-state index contributed by atoms with van der Waals surface area (Å²) in [6, 6.07) is 2.53. The van der Waals surface area contributed by atoms with Crippen molar-refractivity contribution in [1.82, 2.24) is 24.5 Å². The first kappa shape index (κ1) is 26.9. The molecule has 198 valence electrons. The van der Waals surface area contributed by atoms with E-state index in [0.717, 1.165) is 24.4 Å². The van der Waals surface area contributed by atoms with Crippen molar-refractivity contribution in [3.05, 3.63) is 61.0 Å². The molecule has 1 fully saturated rings. The van der Waals surface area contributed by atoms with Crippen molar-refractivity contribution >= 4 is 33.2 Å². The van der Waals surface area contributed by atoms with Crippen LogP contribution in [0, 0.1) is 0 Å². The lowest BCUT2D eigenvalue weighted by Crippen LogP contribution is -2.53. The van der Waals surface area contributed by atoms with Gasteiger partial charge in [-0.05, 0) is 31.9 Å². The Morgan fingerprint density at radius 2 is 1.86 bits per heavy atom. The highest BCUT2D eigenvalue weighted by atomic mass is 35.5. The lowest BCUT2D eigenvalue weighted by Gasteiger charge is -2.40. The van der Waals surface area contributed by atoms with Gasteiger partial charge in [0.15, 0.2) is 17.2 Å². The molecule has 1 aliphatic carbocycles. The van der Waals surface area contributed by atoms with Crippen molar-refractivity contribution in [1.29, 1.82) is 0 Å². The maximum absolute atomic E-state index is 13.0. The lowest BCUT2D eigenvalue weighted by atomic mass is 9.78. The maximum atomic E-state index is 13.0. The molecule has 4 rings (SSSR count). The highest BCUT2D eigenvalue weighted by Crippen LogP contribution is 2.39. The van der Waals surface area contributed by atoms with Gasteiger partial charge in [0.05, 0.1) is 27.5 Å². The first-order valence-corrected chi connectivity index (χ1v) is 12.5. The molecule has 0 radical (unpaired) electrons. The van der Waals surface area contributed by atoms with Crippen LogP contribution in [0.4, 0.5) is 8.78 Å². The Hall–Kier alpha value is -3.11. The van der Waals surface area contributed by atoms with E-state index in [1.165, 1.54) is 0 Å². The molecule has 2 heterocycles. The van der Waals surface area contributed by atoms with Crippen LogP contribution < -0.4 is 20.7 Å². The average Bonchev–Trinajstić information content (AvgIpc) is 2.75. The molecule has 0 amide bonds. The third kappa shape index (κ3) is 5.60. The number of pyridine rings is 1. The quantitative estimate of drug-likeness (QED) is 0.327. The van der Waals surface area contributed by atoms with Gasteiger partial charge in [0.2, 0.25) is 15.9 Å². The molecular weight excluding hydrogens is 563 g/mol. The fourth-order valence-electron chi connectivity index (χ4n) is 3.65. The molecule has 37 heavy (non-hydrogen) atoms. The first-order valence-electron chi connectivity index (χ1n) is 10.3. The number of sulfonamides is 1. The van der Waals surface area contributed by atoms with Crippen LogP contribution in [0.15, 0.2) is 38.9 Å². The largest absolute Gasteiger partial charge is 0.505 e. The van der Waals surface area contributed by atoms with Gasteiger partial charge in [0.1, 0.15) is 4.90 Å². The number of hydrogen-bond acceptors (Lipinski definition) is 9. The number of nitrogens with one attached hydrogen (secondary N) is 2. The Bertz CT molecular complexity index is 1580. The molecule has 0 aliphatic heterocycles. The number of halogens is 4. The summed E-state index contributed by atoms with van der Waals surface area (Å²) in [5.74, 6) is -1.25. The normalized spacial score (nSPS) is 19.6. The van der Waals surface area contributed by atoms with Crippen LogP contribution in [0.5, 0.6) is 17.4 Å². The number of benzene rings is 1. The molecule has 0 atom stereocenters. The number of nitrogens with zero attached hydrogens (tertiary/aromatic N) is 3. The zero-order valence-electron chi connectivity index (χ0n) is 18.6. The molecule has 0 spiro atoms.